The maximum atomic E-state index is 12.0. The Morgan fingerprint density at radius 3 is 1.94 bits per heavy atom. The molecule has 0 aliphatic rings. The monoisotopic (exact) mass is 328 g/mol. The van der Waals surface area contributed by atoms with E-state index in [9.17, 15) is 4.79 Å². The first kappa shape index (κ1) is 14.6. The van der Waals surface area contributed by atoms with E-state index in [4.69, 9.17) is 0 Å². The van der Waals surface area contributed by atoms with Gasteiger partial charge in [0.2, 0.25) is 0 Å². The van der Waals surface area contributed by atoms with Gasteiger partial charge in [0.25, 0.3) is 0 Å². The molecule has 94 valence electrons. The first-order chi connectivity index (χ1) is 8.27. The molecule has 0 saturated heterocycles. The number of rotatable bonds is 4. The molecular formula is C16H14OPd. The van der Waals surface area contributed by atoms with Crippen LogP contribution in [0, 0.1) is 0 Å². The maximum Gasteiger partial charge on any atom is 0.167 e. The van der Waals surface area contributed by atoms with E-state index < -0.39 is 0 Å². The van der Waals surface area contributed by atoms with Gasteiger partial charge in [0.15, 0.2) is 5.78 Å². The molecule has 0 saturated carbocycles. The first-order valence-electron chi connectivity index (χ1n) is 5.59. The van der Waals surface area contributed by atoms with Crippen LogP contribution in [0.2, 0.25) is 0 Å². The summed E-state index contributed by atoms with van der Waals surface area (Å²) in [7, 11) is 0. The van der Waals surface area contributed by atoms with E-state index in [1.165, 1.54) is 0 Å². The molecule has 0 atom stereocenters. The van der Waals surface area contributed by atoms with Crippen molar-refractivity contribution in [2.24, 2.45) is 0 Å². The fourth-order valence-electron chi connectivity index (χ4n) is 1.69. The zero-order valence-corrected chi connectivity index (χ0v) is 11.5. The fourth-order valence-corrected chi connectivity index (χ4v) is 1.69. The van der Waals surface area contributed by atoms with Gasteiger partial charge in [-0.2, -0.15) is 0 Å². The van der Waals surface area contributed by atoms with Crippen LogP contribution in [-0.2, 0) is 31.6 Å². The van der Waals surface area contributed by atoms with E-state index in [0.717, 1.165) is 11.1 Å². The minimum absolute atomic E-state index is 0. The quantitative estimate of drug-likeness (QED) is 0.620. The number of allylic oxidation sites excluding steroid dienone is 1. The number of benzene rings is 2. The molecule has 0 N–H and O–H groups in total. The molecule has 0 aliphatic heterocycles. The molecule has 0 aliphatic carbocycles. The van der Waals surface area contributed by atoms with Crippen LogP contribution in [0.5, 0.6) is 0 Å². The van der Waals surface area contributed by atoms with E-state index in [1.807, 2.05) is 60.7 Å². The van der Waals surface area contributed by atoms with Gasteiger partial charge in [-0.25, -0.2) is 0 Å². The van der Waals surface area contributed by atoms with E-state index in [0.29, 0.717) is 12.0 Å². The Hall–Kier alpha value is -1.49. The van der Waals surface area contributed by atoms with Crippen LogP contribution in [0.25, 0.3) is 5.57 Å². The van der Waals surface area contributed by atoms with Crippen molar-refractivity contribution in [3.05, 3.63) is 78.4 Å². The third-order valence-corrected chi connectivity index (χ3v) is 2.67. The molecule has 18 heavy (non-hydrogen) atoms. The Morgan fingerprint density at radius 1 is 0.889 bits per heavy atom. The van der Waals surface area contributed by atoms with Gasteiger partial charge in [0, 0.05) is 32.4 Å². The molecule has 0 radical (unpaired) electrons. The standard InChI is InChI=1S/C16H14O.Pd/c1-13(15-10-6-3-7-11-15)16(17)12-14-8-4-2-5-9-14;/h2-11H,1,12H2;. The zero-order valence-electron chi connectivity index (χ0n) is 9.91. The van der Waals surface area contributed by atoms with Crippen molar-refractivity contribution in [3.8, 4) is 0 Å². The second-order valence-corrected chi connectivity index (χ2v) is 3.93. The Morgan fingerprint density at radius 2 is 1.39 bits per heavy atom. The second kappa shape index (κ2) is 7.06. The number of Topliss-reactive ketones (excluding diaryl/α,β-unsaturated/α-hetero) is 1. The Balaban J connectivity index is 0.00000162. The Kier molecular flexibility index (Phi) is 5.72. The summed E-state index contributed by atoms with van der Waals surface area (Å²) < 4.78 is 0. The molecule has 0 unspecified atom stereocenters. The van der Waals surface area contributed by atoms with Gasteiger partial charge >= 0.3 is 0 Å². The van der Waals surface area contributed by atoms with Crippen LogP contribution < -0.4 is 0 Å². The van der Waals surface area contributed by atoms with Crippen LogP contribution in [-0.4, -0.2) is 5.78 Å². The van der Waals surface area contributed by atoms with E-state index >= 15 is 0 Å². The smallest absolute Gasteiger partial charge is 0.167 e. The summed E-state index contributed by atoms with van der Waals surface area (Å²) >= 11 is 0. The Bertz CT molecular complexity index is 517. The van der Waals surface area contributed by atoms with Crippen LogP contribution in [0.15, 0.2) is 67.2 Å². The number of hydrogen-bond acceptors (Lipinski definition) is 1. The van der Waals surface area contributed by atoms with Gasteiger partial charge in [0.05, 0.1) is 0 Å². The van der Waals surface area contributed by atoms with Crippen molar-refractivity contribution in [1.29, 1.82) is 0 Å². The number of hydrogen-bond donors (Lipinski definition) is 0. The molecule has 1 nitrogen and oxygen atoms in total. The second-order valence-electron chi connectivity index (χ2n) is 3.93. The first-order valence-corrected chi connectivity index (χ1v) is 5.59. The minimum atomic E-state index is 0. The molecule has 2 aromatic rings. The van der Waals surface area contributed by atoms with Crippen molar-refractivity contribution >= 4 is 11.4 Å². The predicted molar refractivity (Wildman–Crippen MR) is 70.6 cm³/mol. The minimum Gasteiger partial charge on any atom is -0.294 e. The van der Waals surface area contributed by atoms with Gasteiger partial charge in [0.1, 0.15) is 0 Å². The molecule has 0 spiro atoms. The van der Waals surface area contributed by atoms with Crippen molar-refractivity contribution in [1.82, 2.24) is 0 Å². The van der Waals surface area contributed by atoms with Crippen LogP contribution in [0.4, 0.5) is 0 Å². The summed E-state index contributed by atoms with van der Waals surface area (Å²) in [6.45, 7) is 3.87. The molecule has 0 heterocycles. The van der Waals surface area contributed by atoms with Gasteiger partial charge in [-0.3, -0.25) is 4.79 Å². The van der Waals surface area contributed by atoms with Crippen molar-refractivity contribution < 1.29 is 25.2 Å². The van der Waals surface area contributed by atoms with Crippen molar-refractivity contribution in [3.63, 3.8) is 0 Å². The zero-order chi connectivity index (χ0) is 12.1. The van der Waals surface area contributed by atoms with Crippen LogP contribution in [0.1, 0.15) is 11.1 Å². The largest absolute Gasteiger partial charge is 0.294 e. The number of carbonyl (C=O) groups is 1. The van der Waals surface area contributed by atoms with Crippen molar-refractivity contribution in [2.75, 3.05) is 0 Å². The summed E-state index contributed by atoms with van der Waals surface area (Å²) in [6, 6.07) is 19.3. The molecule has 2 rings (SSSR count). The van der Waals surface area contributed by atoms with Gasteiger partial charge in [-0.1, -0.05) is 67.2 Å². The third-order valence-electron chi connectivity index (χ3n) is 2.67. The van der Waals surface area contributed by atoms with Crippen molar-refractivity contribution in [2.45, 2.75) is 6.42 Å². The van der Waals surface area contributed by atoms with E-state index in [1.54, 1.807) is 0 Å². The topological polar surface area (TPSA) is 17.1 Å². The molecule has 2 aromatic carbocycles. The van der Waals surface area contributed by atoms with Gasteiger partial charge in [-0.15, -0.1) is 0 Å². The summed E-state index contributed by atoms with van der Waals surface area (Å²) in [5, 5.41) is 0. The van der Waals surface area contributed by atoms with Gasteiger partial charge < -0.3 is 0 Å². The molecule has 0 amide bonds. The van der Waals surface area contributed by atoms with E-state index in [-0.39, 0.29) is 26.2 Å². The SMILES string of the molecule is C=C(C(=O)Cc1ccccc1)c1ccccc1.[Pd]. The third kappa shape index (κ3) is 3.77. The predicted octanol–water partition coefficient (Wildman–Crippen LogP) is 3.51. The summed E-state index contributed by atoms with van der Waals surface area (Å²) in [6.07, 6.45) is 0.411. The average molecular weight is 329 g/mol. The molecular weight excluding hydrogens is 315 g/mol. The van der Waals surface area contributed by atoms with Crippen LogP contribution >= 0.6 is 0 Å². The van der Waals surface area contributed by atoms with Crippen LogP contribution in [0.3, 0.4) is 0 Å². The average Bonchev–Trinajstić information content (AvgIpc) is 2.40. The normalized spacial score (nSPS) is 9.33. The van der Waals surface area contributed by atoms with Gasteiger partial charge in [-0.05, 0) is 11.1 Å². The summed E-state index contributed by atoms with van der Waals surface area (Å²) in [4.78, 5) is 12.0. The summed E-state index contributed by atoms with van der Waals surface area (Å²) in [5.74, 6) is 0.0717. The number of carbonyl (C=O) groups excluding carboxylic acids is 1. The van der Waals surface area contributed by atoms with E-state index in [2.05, 4.69) is 6.58 Å². The molecule has 0 bridgehead atoms. The Labute approximate surface area is 121 Å². The summed E-state index contributed by atoms with van der Waals surface area (Å²) in [5.41, 5.74) is 2.50. The fraction of sp³-hybridized carbons (Fsp3) is 0.0625. The maximum absolute atomic E-state index is 12.0. The number of ketones is 1. The molecule has 0 aromatic heterocycles. The molecule has 2 heteroatoms. The molecule has 0 fully saturated rings.